The van der Waals surface area contributed by atoms with Crippen molar-refractivity contribution in [3.63, 3.8) is 0 Å². The van der Waals surface area contributed by atoms with E-state index in [0.717, 1.165) is 63.3 Å². The molecule has 29 heavy (non-hydrogen) atoms. The second kappa shape index (κ2) is 8.62. The van der Waals surface area contributed by atoms with Crippen molar-refractivity contribution >= 4 is 5.91 Å². The Morgan fingerprint density at radius 3 is 2.93 bits per heavy atom. The molecule has 4 rings (SSSR count). The summed E-state index contributed by atoms with van der Waals surface area (Å²) >= 11 is 0. The summed E-state index contributed by atoms with van der Waals surface area (Å²) in [4.78, 5) is 18.9. The van der Waals surface area contributed by atoms with Crippen LogP contribution in [0.15, 0.2) is 16.8 Å². The first kappa shape index (κ1) is 20.0. The number of piperidine rings is 1. The van der Waals surface area contributed by atoms with Crippen molar-refractivity contribution in [2.75, 3.05) is 26.8 Å². The van der Waals surface area contributed by atoms with Gasteiger partial charge in [0, 0.05) is 39.4 Å². The lowest BCUT2D eigenvalue weighted by molar-refractivity contribution is -0.147. The van der Waals surface area contributed by atoms with E-state index in [9.17, 15) is 4.79 Å². The minimum absolute atomic E-state index is 0.118. The minimum atomic E-state index is -0.138. The van der Waals surface area contributed by atoms with Crippen molar-refractivity contribution in [3.8, 4) is 0 Å². The number of nitrogens with zero attached hydrogens (tertiary/aromatic N) is 5. The summed E-state index contributed by atoms with van der Waals surface area (Å²) in [5.41, 5.74) is 0.786. The molecule has 2 saturated heterocycles. The van der Waals surface area contributed by atoms with E-state index < -0.39 is 0 Å². The smallest absolute Gasteiger partial charge is 0.252 e. The predicted molar refractivity (Wildman–Crippen MR) is 103 cm³/mol. The fourth-order valence-corrected chi connectivity index (χ4v) is 4.42. The van der Waals surface area contributed by atoms with Gasteiger partial charge in [-0.25, -0.2) is 0 Å². The van der Waals surface area contributed by atoms with Gasteiger partial charge in [-0.15, -0.1) is 0 Å². The molecule has 2 aliphatic rings. The maximum absolute atomic E-state index is 12.6. The second-order valence-electron chi connectivity index (χ2n) is 8.17. The van der Waals surface area contributed by atoms with Crippen LogP contribution >= 0.6 is 0 Å². The third kappa shape index (κ3) is 4.84. The Morgan fingerprint density at radius 1 is 1.38 bits per heavy atom. The van der Waals surface area contributed by atoms with Gasteiger partial charge in [0.2, 0.25) is 5.91 Å². The zero-order valence-electron chi connectivity index (χ0n) is 17.2. The zero-order valence-corrected chi connectivity index (χ0v) is 17.2. The lowest BCUT2D eigenvalue weighted by Gasteiger charge is -2.46. The number of rotatable bonds is 6. The Balaban J connectivity index is 1.29. The van der Waals surface area contributed by atoms with Crippen LogP contribution in [0.1, 0.15) is 43.1 Å². The maximum Gasteiger partial charge on any atom is 0.252 e. The molecule has 2 aliphatic heterocycles. The quantitative estimate of drug-likeness (QED) is 0.725. The number of likely N-dealkylation sites (tertiary alicyclic amines) is 1. The number of carbonyl (C=O) groups excluding carboxylic acids is 1. The van der Waals surface area contributed by atoms with Gasteiger partial charge in [-0.2, -0.15) is 10.1 Å². The molecule has 0 radical (unpaired) electrons. The maximum atomic E-state index is 12.6. The summed E-state index contributed by atoms with van der Waals surface area (Å²) in [5, 5.41) is 8.38. The first-order valence-corrected chi connectivity index (χ1v) is 10.3. The molecule has 0 aliphatic carbocycles. The standard InChI is InChI=1S/C20H29N5O4/c1-15-3-7-25(22-15)13-19(26)24-8-5-20(6-9-24)12-16(4-10-28-20)11-17-21-18(14-27-2)29-23-17/h3,7,16H,4-6,8-14H2,1-2H3. The summed E-state index contributed by atoms with van der Waals surface area (Å²) in [6.07, 6.45) is 6.35. The van der Waals surface area contributed by atoms with Crippen molar-refractivity contribution in [1.82, 2.24) is 24.8 Å². The van der Waals surface area contributed by atoms with Gasteiger partial charge in [-0.3, -0.25) is 9.48 Å². The van der Waals surface area contributed by atoms with Crippen molar-refractivity contribution in [3.05, 3.63) is 29.7 Å². The number of ether oxygens (including phenoxy) is 2. The van der Waals surface area contributed by atoms with Crippen LogP contribution in [0.4, 0.5) is 0 Å². The van der Waals surface area contributed by atoms with Crippen LogP contribution < -0.4 is 0 Å². The van der Waals surface area contributed by atoms with Crippen molar-refractivity contribution < 1.29 is 18.8 Å². The fraction of sp³-hybridized carbons (Fsp3) is 0.700. The number of aryl methyl sites for hydroxylation is 1. The van der Waals surface area contributed by atoms with E-state index in [2.05, 4.69) is 15.2 Å². The highest BCUT2D eigenvalue weighted by atomic mass is 16.5. The van der Waals surface area contributed by atoms with Gasteiger partial charge in [-0.1, -0.05) is 5.16 Å². The molecular formula is C20H29N5O4. The molecule has 2 fully saturated rings. The molecule has 2 aromatic heterocycles. The highest BCUT2D eigenvalue weighted by Gasteiger charge is 2.41. The molecule has 1 amide bonds. The molecule has 2 aromatic rings. The second-order valence-corrected chi connectivity index (χ2v) is 8.17. The molecule has 0 saturated carbocycles. The Kier molecular flexibility index (Phi) is 5.96. The molecule has 9 nitrogen and oxygen atoms in total. The van der Waals surface area contributed by atoms with Crippen LogP contribution in [0, 0.1) is 12.8 Å². The average molecular weight is 403 g/mol. The third-order valence-corrected chi connectivity index (χ3v) is 5.94. The molecule has 1 atom stereocenters. The van der Waals surface area contributed by atoms with Gasteiger partial charge in [0.05, 0.1) is 11.3 Å². The summed E-state index contributed by atoms with van der Waals surface area (Å²) in [7, 11) is 1.61. The molecule has 1 spiro atoms. The van der Waals surface area contributed by atoms with E-state index in [-0.39, 0.29) is 11.5 Å². The highest BCUT2D eigenvalue weighted by molar-refractivity contribution is 5.76. The number of hydrogen-bond donors (Lipinski definition) is 0. The fourth-order valence-electron chi connectivity index (χ4n) is 4.42. The SMILES string of the molecule is COCc1nc(CC2CCOC3(CCN(C(=O)Cn4ccc(C)n4)CC3)C2)no1. The predicted octanol–water partition coefficient (Wildman–Crippen LogP) is 1.75. The number of carbonyl (C=O) groups is 1. The van der Waals surface area contributed by atoms with E-state index in [1.54, 1.807) is 11.8 Å². The normalized spacial score (nSPS) is 21.6. The summed E-state index contributed by atoms with van der Waals surface area (Å²) in [5.74, 6) is 1.84. The van der Waals surface area contributed by atoms with Crippen LogP contribution in [0.2, 0.25) is 0 Å². The monoisotopic (exact) mass is 403 g/mol. The van der Waals surface area contributed by atoms with E-state index in [4.69, 9.17) is 14.0 Å². The van der Waals surface area contributed by atoms with Gasteiger partial charge in [0.15, 0.2) is 5.82 Å². The van der Waals surface area contributed by atoms with Crippen molar-refractivity contribution in [1.29, 1.82) is 0 Å². The molecule has 4 heterocycles. The molecule has 0 N–H and O–H groups in total. The Hall–Kier alpha value is -2.26. The zero-order chi connectivity index (χ0) is 20.3. The van der Waals surface area contributed by atoms with Gasteiger partial charge in [-0.05, 0) is 44.6 Å². The number of methoxy groups -OCH3 is 1. The third-order valence-electron chi connectivity index (χ3n) is 5.94. The molecule has 0 aromatic carbocycles. The summed E-state index contributed by atoms with van der Waals surface area (Å²) < 4.78 is 18.2. The van der Waals surface area contributed by atoms with E-state index >= 15 is 0 Å². The Labute approximate surface area is 170 Å². The van der Waals surface area contributed by atoms with E-state index in [0.29, 0.717) is 25.0 Å². The van der Waals surface area contributed by atoms with Crippen molar-refractivity contribution in [2.45, 2.75) is 57.8 Å². The number of hydrogen-bond acceptors (Lipinski definition) is 7. The first-order valence-electron chi connectivity index (χ1n) is 10.3. The topological polar surface area (TPSA) is 95.5 Å². The molecule has 1 unspecified atom stereocenters. The van der Waals surface area contributed by atoms with Crippen LogP contribution in [0.3, 0.4) is 0 Å². The van der Waals surface area contributed by atoms with Crippen molar-refractivity contribution in [2.24, 2.45) is 5.92 Å². The average Bonchev–Trinajstić information content (AvgIpc) is 3.31. The van der Waals surface area contributed by atoms with Gasteiger partial charge < -0.3 is 18.9 Å². The molecule has 9 heteroatoms. The van der Waals surface area contributed by atoms with Gasteiger partial charge in [0.1, 0.15) is 13.2 Å². The molecule has 0 bridgehead atoms. The van der Waals surface area contributed by atoms with Crippen LogP contribution in [-0.2, 0) is 33.8 Å². The molecule has 158 valence electrons. The summed E-state index contributed by atoms with van der Waals surface area (Å²) in [6, 6.07) is 1.91. The Bertz CT molecular complexity index is 824. The minimum Gasteiger partial charge on any atom is -0.375 e. The Morgan fingerprint density at radius 2 is 2.21 bits per heavy atom. The summed E-state index contributed by atoms with van der Waals surface area (Å²) in [6.45, 7) is 4.76. The lowest BCUT2D eigenvalue weighted by Crippen LogP contribution is -2.51. The van der Waals surface area contributed by atoms with E-state index in [1.807, 2.05) is 24.1 Å². The lowest BCUT2D eigenvalue weighted by atomic mass is 9.78. The number of aromatic nitrogens is 4. The molecular weight excluding hydrogens is 374 g/mol. The van der Waals surface area contributed by atoms with Crippen LogP contribution in [0.5, 0.6) is 0 Å². The highest BCUT2D eigenvalue weighted by Crippen LogP contribution is 2.38. The van der Waals surface area contributed by atoms with Gasteiger partial charge >= 0.3 is 0 Å². The van der Waals surface area contributed by atoms with Crippen LogP contribution in [-0.4, -0.2) is 63.1 Å². The largest absolute Gasteiger partial charge is 0.375 e. The van der Waals surface area contributed by atoms with Gasteiger partial charge in [0.25, 0.3) is 5.89 Å². The first-order chi connectivity index (χ1) is 14.0. The number of amides is 1. The van der Waals surface area contributed by atoms with E-state index in [1.165, 1.54) is 0 Å². The van der Waals surface area contributed by atoms with Crippen LogP contribution in [0.25, 0.3) is 0 Å².